The first-order valence-electron chi connectivity index (χ1n) is 7.78. The molecule has 1 aromatic rings. The van der Waals surface area contributed by atoms with Gasteiger partial charge in [-0.05, 0) is 31.5 Å². The molecule has 0 spiro atoms. The highest BCUT2D eigenvalue weighted by atomic mass is 15.3. The summed E-state index contributed by atoms with van der Waals surface area (Å²) in [4.78, 5) is 8.90. The van der Waals surface area contributed by atoms with E-state index in [1.54, 1.807) is 7.05 Å². The molecule has 1 aliphatic heterocycles. The van der Waals surface area contributed by atoms with Crippen LogP contribution in [0.4, 0.5) is 5.69 Å². The fourth-order valence-corrected chi connectivity index (χ4v) is 2.62. The number of rotatable bonds is 6. The number of benzene rings is 1. The number of nitrogens with zero attached hydrogens (tertiary/aromatic N) is 3. The fraction of sp³-hybridized carbons (Fsp3) is 0.562. The van der Waals surface area contributed by atoms with Gasteiger partial charge in [0.25, 0.3) is 0 Å². The lowest BCUT2D eigenvalue weighted by Gasteiger charge is -2.36. The van der Waals surface area contributed by atoms with Crippen LogP contribution in [0.5, 0.6) is 0 Å². The average molecular weight is 289 g/mol. The molecule has 5 nitrogen and oxygen atoms in total. The third-order valence-electron chi connectivity index (χ3n) is 3.94. The summed E-state index contributed by atoms with van der Waals surface area (Å²) in [5.74, 6) is 0.534. The van der Waals surface area contributed by atoms with Crippen molar-refractivity contribution in [3.05, 3.63) is 30.3 Å². The molecule has 1 heterocycles. The summed E-state index contributed by atoms with van der Waals surface area (Å²) in [6, 6.07) is 10.7. The Morgan fingerprint density at radius 2 is 1.86 bits per heavy atom. The number of piperazine rings is 1. The molecule has 116 valence electrons. The van der Waals surface area contributed by atoms with Crippen LogP contribution in [0.15, 0.2) is 35.3 Å². The molecule has 0 aromatic heterocycles. The average Bonchev–Trinajstić information content (AvgIpc) is 2.55. The molecule has 0 unspecified atom stereocenters. The molecule has 1 aromatic carbocycles. The van der Waals surface area contributed by atoms with Gasteiger partial charge >= 0.3 is 0 Å². The fourth-order valence-electron chi connectivity index (χ4n) is 2.62. The number of hydrogen-bond acceptors (Lipinski definition) is 3. The third-order valence-corrected chi connectivity index (χ3v) is 3.94. The Labute approximate surface area is 127 Å². The van der Waals surface area contributed by atoms with E-state index in [4.69, 9.17) is 5.73 Å². The highest BCUT2D eigenvalue weighted by molar-refractivity contribution is 5.77. The predicted molar refractivity (Wildman–Crippen MR) is 89.9 cm³/mol. The van der Waals surface area contributed by atoms with Gasteiger partial charge in [0.05, 0.1) is 0 Å². The Morgan fingerprint density at radius 3 is 2.52 bits per heavy atom. The van der Waals surface area contributed by atoms with Crippen molar-refractivity contribution in [2.45, 2.75) is 12.8 Å². The Bertz CT molecular complexity index is 424. The second-order valence-corrected chi connectivity index (χ2v) is 5.41. The smallest absolute Gasteiger partial charge is 0.188 e. The first-order valence-corrected chi connectivity index (χ1v) is 7.78. The minimum atomic E-state index is 0.534. The minimum Gasteiger partial charge on any atom is -0.370 e. The van der Waals surface area contributed by atoms with Crippen LogP contribution in [0.25, 0.3) is 0 Å². The Hall–Kier alpha value is -1.75. The summed E-state index contributed by atoms with van der Waals surface area (Å²) in [6.45, 7) is 6.64. The standard InChI is InChI=1S/C16H27N5/c1-18-16(17)19-9-5-6-10-20-11-13-21(14-12-20)15-7-3-2-4-8-15/h2-4,7-8H,5-6,9-14H2,1H3,(H3,17,18,19). The van der Waals surface area contributed by atoms with Crippen LogP contribution < -0.4 is 16.0 Å². The van der Waals surface area contributed by atoms with E-state index in [9.17, 15) is 0 Å². The lowest BCUT2D eigenvalue weighted by Crippen LogP contribution is -2.46. The second kappa shape index (κ2) is 8.52. The first kappa shape index (κ1) is 15.6. The van der Waals surface area contributed by atoms with Crippen molar-refractivity contribution in [3.8, 4) is 0 Å². The number of nitrogens with one attached hydrogen (secondary N) is 1. The molecule has 1 fully saturated rings. The maximum Gasteiger partial charge on any atom is 0.188 e. The van der Waals surface area contributed by atoms with Gasteiger partial charge in [0, 0.05) is 45.5 Å². The van der Waals surface area contributed by atoms with Crippen LogP contribution in [0.1, 0.15) is 12.8 Å². The van der Waals surface area contributed by atoms with Crippen molar-refractivity contribution in [2.75, 3.05) is 51.2 Å². The van der Waals surface area contributed by atoms with Crippen LogP contribution in [-0.2, 0) is 0 Å². The van der Waals surface area contributed by atoms with E-state index in [0.717, 1.165) is 39.1 Å². The van der Waals surface area contributed by atoms with Crippen LogP contribution in [0.3, 0.4) is 0 Å². The highest BCUT2D eigenvalue weighted by Crippen LogP contribution is 2.15. The van der Waals surface area contributed by atoms with Gasteiger partial charge in [-0.1, -0.05) is 18.2 Å². The van der Waals surface area contributed by atoms with E-state index < -0.39 is 0 Å². The number of guanidine groups is 1. The largest absolute Gasteiger partial charge is 0.370 e. The molecule has 3 N–H and O–H groups in total. The highest BCUT2D eigenvalue weighted by Gasteiger charge is 2.16. The zero-order valence-electron chi connectivity index (χ0n) is 13.0. The van der Waals surface area contributed by atoms with Gasteiger partial charge in [0.2, 0.25) is 0 Å². The Balaban J connectivity index is 1.59. The molecular weight excluding hydrogens is 262 g/mol. The molecule has 1 saturated heterocycles. The van der Waals surface area contributed by atoms with Crippen molar-refractivity contribution >= 4 is 11.6 Å². The predicted octanol–water partition coefficient (Wildman–Crippen LogP) is 1.12. The summed E-state index contributed by atoms with van der Waals surface area (Å²) in [7, 11) is 1.70. The van der Waals surface area contributed by atoms with Gasteiger partial charge in [0.1, 0.15) is 0 Å². The zero-order chi connectivity index (χ0) is 14.9. The van der Waals surface area contributed by atoms with Gasteiger partial charge < -0.3 is 16.0 Å². The van der Waals surface area contributed by atoms with E-state index in [1.807, 2.05) is 0 Å². The maximum atomic E-state index is 5.59. The molecule has 1 aliphatic rings. The lowest BCUT2D eigenvalue weighted by molar-refractivity contribution is 0.253. The number of unbranched alkanes of at least 4 members (excludes halogenated alkanes) is 1. The number of nitrogens with two attached hydrogens (primary N) is 1. The number of hydrogen-bond donors (Lipinski definition) is 2. The summed E-state index contributed by atoms with van der Waals surface area (Å²) in [5, 5.41) is 3.10. The van der Waals surface area contributed by atoms with E-state index in [-0.39, 0.29) is 0 Å². The molecule has 0 amide bonds. The monoisotopic (exact) mass is 289 g/mol. The molecular formula is C16H27N5. The van der Waals surface area contributed by atoms with Crippen molar-refractivity contribution in [3.63, 3.8) is 0 Å². The normalized spacial score (nSPS) is 17.0. The van der Waals surface area contributed by atoms with Crippen molar-refractivity contribution < 1.29 is 0 Å². The zero-order valence-corrected chi connectivity index (χ0v) is 13.0. The number of anilines is 1. The van der Waals surface area contributed by atoms with Crippen LogP contribution in [0, 0.1) is 0 Å². The maximum absolute atomic E-state index is 5.59. The van der Waals surface area contributed by atoms with Crippen molar-refractivity contribution in [1.29, 1.82) is 0 Å². The minimum absolute atomic E-state index is 0.534. The van der Waals surface area contributed by atoms with Crippen LogP contribution >= 0.6 is 0 Å². The van der Waals surface area contributed by atoms with Gasteiger partial charge in [-0.2, -0.15) is 0 Å². The molecule has 0 aliphatic carbocycles. The lowest BCUT2D eigenvalue weighted by atomic mass is 10.2. The molecule has 0 radical (unpaired) electrons. The van der Waals surface area contributed by atoms with Gasteiger partial charge in [0.15, 0.2) is 5.96 Å². The van der Waals surface area contributed by atoms with E-state index in [0.29, 0.717) is 5.96 Å². The first-order chi connectivity index (χ1) is 10.3. The Morgan fingerprint density at radius 1 is 1.14 bits per heavy atom. The molecule has 2 rings (SSSR count). The Kier molecular flexibility index (Phi) is 6.34. The van der Waals surface area contributed by atoms with Gasteiger partial charge in [-0.15, -0.1) is 0 Å². The summed E-state index contributed by atoms with van der Waals surface area (Å²) in [5.41, 5.74) is 6.93. The quantitative estimate of drug-likeness (QED) is 0.468. The molecule has 0 bridgehead atoms. The molecule has 21 heavy (non-hydrogen) atoms. The number of para-hydroxylation sites is 1. The SMILES string of the molecule is CN=C(N)NCCCCN1CCN(c2ccccc2)CC1. The second-order valence-electron chi connectivity index (χ2n) is 5.41. The van der Waals surface area contributed by atoms with Crippen LogP contribution in [-0.4, -0.2) is 57.2 Å². The summed E-state index contributed by atoms with van der Waals surface area (Å²) in [6.07, 6.45) is 2.34. The molecule has 5 heteroatoms. The van der Waals surface area contributed by atoms with Gasteiger partial charge in [-0.25, -0.2) is 0 Å². The van der Waals surface area contributed by atoms with E-state index in [2.05, 4.69) is 50.4 Å². The topological polar surface area (TPSA) is 56.9 Å². The van der Waals surface area contributed by atoms with Crippen molar-refractivity contribution in [1.82, 2.24) is 10.2 Å². The third kappa shape index (κ3) is 5.27. The van der Waals surface area contributed by atoms with Crippen molar-refractivity contribution in [2.24, 2.45) is 10.7 Å². The summed E-state index contributed by atoms with van der Waals surface area (Å²) < 4.78 is 0. The van der Waals surface area contributed by atoms with E-state index in [1.165, 1.54) is 18.7 Å². The number of aliphatic imine (C=N–C) groups is 1. The molecule has 0 atom stereocenters. The molecule has 0 saturated carbocycles. The summed E-state index contributed by atoms with van der Waals surface area (Å²) >= 11 is 0. The van der Waals surface area contributed by atoms with Gasteiger partial charge in [-0.3, -0.25) is 9.89 Å². The van der Waals surface area contributed by atoms with Crippen LogP contribution in [0.2, 0.25) is 0 Å². The van der Waals surface area contributed by atoms with E-state index >= 15 is 0 Å².